The van der Waals surface area contributed by atoms with Gasteiger partial charge in [0.2, 0.25) is 0 Å². The van der Waals surface area contributed by atoms with Crippen LogP contribution in [-0.2, 0) is 11.3 Å². The van der Waals surface area contributed by atoms with Crippen LogP contribution < -0.4 is 5.73 Å². The molecule has 24 heavy (non-hydrogen) atoms. The molecule has 2 heterocycles. The van der Waals surface area contributed by atoms with E-state index in [2.05, 4.69) is 10.3 Å². The lowest BCUT2D eigenvalue weighted by molar-refractivity contribution is -0.0253. The van der Waals surface area contributed by atoms with E-state index in [-0.39, 0.29) is 17.9 Å². The first-order chi connectivity index (χ1) is 11.5. The molecular weight excluding hydrogens is 316 g/mol. The van der Waals surface area contributed by atoms with Crippen molar-refractivity contribution in [3.05, 3.63) is 47.3 Å². The third-order valence-corrected chi connectivity index (χ3v) is 3.99. The van der Waals surface area contributed by atoms with Gasteiger partial charge < -0.3 is 25.8 Å². The zero-order chi connectivity index (χ0) is 17.3. The number of benzene rings is 1. The standard InChI is InChI=1S/C15H18N4O5/c16-15(23)10-11(14-13(22)12(21)9(7-20)24-14)19(18-17-10)6-8-4-2-1-3-5-8/h1-5,9,12-14,20-22H,6-7H2,(H2,16,23)/t9-,12-,13-,14+/m1/s1. The summed E-state index contributed by atoms with van der Waals surface area (Å²) in [6.07, 6.45) is -4.67. The summed E-state index contributed by atoms with van der Waals surface area (Å²) < 4.78 is 6.89. The third kappa shape index (κ3) is 2.89. The van der Waals surface area contributed by atoms with E-state index in [0.717, 1.165) is 5.56 Å². The molecule has 2 aromatic rings. The number of hydrogen-bond donors (Lipinski definition) is 4. The number of nitrogens with zero attached hydrogens (tertiary/aromatic N) is 3. The molecule has 0 spiro atoms. The zero-order valence-electron chi connectivity index (χ0n) is 12.7. The predicted octanol–water partition coefficient (Wildman–Crippen LogP) is -1.42. The minimum Gasteiger partial charge on any atom is -0.394 e. The molecule has 1 saturated heterocycles. The monoisotopic (exact) mass is 334 g/mol. The SMILES string of the molecule is NC(=O)c1nnn(Cc2ccccc2)c1[C@@H]1O[C@H](CO)[C@@H](O)[C@H]1O. The molecule has 1 aliphatic rings. The Morgan fingerprint density at radius 1 is 1.25 bits per heavy atom. The number of aliphatic hydroxyl groups is 3. The Labute approximate surface area is 137 Å². The number of amides is 1. The highest BCUT2D eigenvalue weighted by Crippen LogP contribution is 2.34. The first-order valence-corrected chi connectivity index (χ1v) is 7.42. The molecule has 1 aliphatic heterocycles. The van der Waals surface area contributed by atoms with Crippen LogP contribution in [0.5, 0.6) is 0 Å². The molecule has 9 nitrogen and oxygen atoms in total. The van der Waals surface area contributed by atoms with Crippen molar-refractivity contribution in [1.82, 2.24) is 15.0 Å². The van der Waals surface area contributed by atoms with E-state index in [0.29, 0.717) is 0 Å². The van der Waals surface area contributed by atoms with E-state index in [1.165, 1.54) is 4.68 Å². The summed E-state index contributed by atoms with van der Waals surface area (Å²) in [5.74, 6) is -0.818. The molecular formula is C15H18N4O5. The normalized spacial score (nSPS) is 26.6. The molecule has 0 unspecified atom stereocenters. The van der Waals surface area contributed by atoms with E-state index in [1.54, 1.807) is 0 Å². The molecule has 0 bridgehead atoms. The predicted molar refractivity (Wildman–Crippen MR) is 80.8 cm³/mol. The number of aromatic nitrogens is 3. The number of carbonyl (C=O) groups excluding carboxylic acids is 1. The number of hydrogen-bond acceptors (Lipinski definition) is 7. The van der Waals surface area contributed by atoms with Crippen LogP contribution >= 0.6 is 0 Å². The van der Waals surface area contributed by atoms with Crippen molar-refractivity contribution in [3.63, 3.8) is 0 Å². The number of ether oxygens (including phenoxy) is 1. The maximum Gasteiger partial charge on any atom is 0.271 e. The van der Waals surface area contributed by atoms with E-state index in [4.69, 9.17) is 10.5 Å². The lowest BCUT2D eigenvalue weighted by atomic mass is 10.0. The van der Waals surface area contributed by atoms with Crippen molar-refractivity contribution >= 4 is 5.91 Å². The molecule has 0 aliphatic carbocycles. The van der Waals surface area contributed by atoms with E-state index in [9.17, 15) is 20.1 Å². The van der Waals surface area contributed by atoms with Gasteiger partial charge in [-0.1, -0.05) is 35.5 Å². The second-order valence-electron chi connectivity index (χ2n) is 5.59. The summed E-state index contributed by atoms with van der Waals surface area (Å²) in [5.41, 5.74) is 6.26. The summed E-state index contributed by atoms with van der Waals surface area (Å²) in [4.78, 5) is 11.6. The Balaban J connectivity index is 1.99. The molecule has 3 rings (SSSR count). The molecule has 1 aromatic carbocycles. The van der Waals surface area contributed by atoms with Crippen LogP contribution in [0.25, 0.3) is 0 Å². The largest absolute Gasteiger partial charge is 0.394 e. The minimum absolute atomic E-state index is 0.138. The fourth-order valence-corrected chi connectivity index (χ4v) is 2.78. The summed E-state index contributed by atoms with van der Waals surface area (Å²) >= 11 is 0. The van der Waals surface area contributed by atoms with E-state index < -0.39 is 36.9 Å². The molecule has 4 atom stereocenters. The van der Waals surface area contributed by atoms with Crippen LogP contribution in [0.4, 0.5) is 0 Å². The molecule has 0 saturated carbocycles. The number of primary amides is 1. The van der Waals surface area contributed by atoms with Gasteiger partial charge in [-0.15, -0.1) is 5.10 Å². The Hall–Kier alpha value is -2.33. The topological polar surface area (TPSA) is 144 Å². The molecule has 9 heteroatoms. The Morgan fingerprint density at radius 2 is 1.96 bits per heavy atom. The number of carbonyl (C=O) groups is 1. The van der Waals surface area contributed by atoms with Crippen molar-refractivity contribution in [2.75, 3.05) is 6.61 Å². The number of rotatable bonds is 5. The fraction of sp³-hybridized carbons (Fsp3) is 0.400. The Bertz CT molecular complexity index is 720. The van der Waals surface area contributed by atoms with Gasteiger partial charge in [-0.25, -0.2) is 4.68 Å². The van der Waals surface area contributed by atoms with E-state index in [1.807, 2.05) is 30.3 Å². The first-order valence-electron chi connectivity index (χ1n) is 7.42. The molecule has 128 valence electrons. The van der Waals surface area contributed by atoms with Crippen molar-refractivity contribution in [3.8, 4) is 0 Å². The van der Waals surface area contributed by atoms with Crippen LogP contribution in [-0.4, -0.2) is 61.1 Å². The second kappa shape index (κ2) is 6.65. The average molecular weight is 334 g/mol. The third-order valence-electron chi connectivity index (χ3n) is 3.99. The van der Waals surface area contributed by atoms with Crippen LogP contribution in [0.2, 0.25) is 0 Å². The quantitative estimate of drug-likeness (QED) is 0.525. The maximum absolute atomic E-state index is 11.6. The smallest absolute Gasteiger partial charge is 0.271 e. The number of aliphatic hydroxyl groups excluding tert-OH is 3. The van der Waals surface area contributed by atoms with Gasteiger partial charge in [-0.2, -0.15) is 0 Å². The Morgan fingerprint density at radius 3 is 2.54 bits per heavy atom. The van der Waals surface area contributed by atoms with Crippen molar-refractivity contribution in [1.29, 1.82) is 0 Å². The summed E-state index contributed by atoms with van der Waals surface area (Å²) in [7, 11) is 0. The van der Waals surface area contributed by atoms with Crippen LogP contribution in [0.1, 0.15) is 27.8 Å². The average Bonchev–Trinajstić information content (AvgIpc) is 3.11. The Kier molecular flexibility index (Phi) is 4.58. The van der Waals surface area contributed by atoms with Crippen molar-refractivity contribution < 1.29 is 24.9 Å². The zero-order valence-corrected chi connectivity index (χ0v) is 12.7. The minimum atomic E-state index is -1.34. The van der Waals surface area contributed by atoms with Gasteiger partial charge in [0.1, 0.15) is 30.1 Å². The van der Waals surface area contributed by atoms with Gasteiger partial charge in [0.25, 0.3) is 5.91 Å². The lowest BCUT2D eigenvalue weighted by Gasteiger charge is -2.17. The molecule has 1 aromatic heterocycles. The highest BCUT2D eigenvalue weighted by molar-refractivity contribution is 5.91. The fourth-order valence-electron chi connectivity index (χ4n) is 2.78. The molecule has 0 radical (unpaired) electrons. The van der Waals surface area contributed by atoms with Gasteiger partial charge >= 0.3 is 0 Å². The van der Waals surface area contributed by atoms with Gasteiger partial charge in [-0.3, -0.25) is 4.79 Å². The number of nitrogens with two attached hydrogens (primary N) is 1. The molecule has 1 amide bonds. The molecule has 1 fully saturated rings. The van der Waals surface area contributed by atoms with Gasteiger partial charge in [0.15, 0.2) is 5.69 Å². The van der Waals surface area contributed by atoms with Crippen LogP contribution in [0.15, 0.2) is 30.3 Å². The van der Waals surface area contributed by atoms with Gasteiger partial charge in [0.05, 0.1) is 13.2 Å². The lowest BCUT2D eigenvalue weighted by Crippen LogP contribution is -2.33. The summed E-state index contributed by atoms with van der Waals surface area (Å²) in [6.45, 7) is -0.191. The van der Waals surface area contributed by atoms with Crippen molar-refractivity contribution in [2.45, 2.75) is 31.0 Å². The molecule has 5 N–H and O–H groups in total. The van der Waals surface area contributed by atoms with Crippen LogP contribution in [0.3, 0.4) is 0 Å². The highest BCUT2D eigenvalue weighted by atomic mass is 16.6. The summed E-state index contributed by atoms with van der Waals surface area (Å²) in [5, 5.41) is 37.1. The van der Waals surface area contributed by atoms with Crippen molar-refractivity contribution in [2.24, 2.45) is 5.73 Å². The first kappa shape index (κ1) is 16.5. The van der Waals surface area contributed by atoms with E-state index >= 15 is 0 Å². The second-order valence-corrected chi connectivity index (χ2v) is 5.59. The summed E-state index contributed by atoms with van der Waals surface area (Å²) in [6, 6.07) is 9.31. The highest BCUT2D eigenvalue weighted by Gasteiger charge is 2.46. The van der Waals surface area contributed by atoms with Gasteiger partial charge in [0, 0.05) is 0 Å². The van der Waals surface area contributed by atoms with Crippen LogP contribution in [0, 0.1) is 0 Å². The van der Waals surface area contributed by atoms with Gasteiger partial charge in [-0.05, 0) is 5.56 Å². The maximum atomic E-state index is 11.6.